The van der Waals surface area contributed by atoms with Crippen LogP contribution in [0.5, 0.6) is 0 Å². The van der Waals surface area contributed by atoms with Crippen molar-refractivity contribution in [1.29, 1.82) is 0 Å². The van der Waals surface area contributed by atoms with Gasteiger partial charge in [0, 0.05) is 25.7 Å². The Morgan fingerprint density at radius 3 is 1.21 bits per heavy atom. The van der Waals surface area contributed by atoms with Crippen LogP contribution in [-0.2, 0) is 38.4 Å². The van der Waals surface area contributed by atoms with Crippen LogP contribution < -0.4 is 0 Å². The predicted octanol–water partition coefficient (Wildman–Crippen LogP) is -3.08. The lowest BCUT2D eigenvalue weighted by Crippen LogP contribution is -2.47. The predicted molar refractivity (Wildman–Crippen MR) is 66.4 cm³/mol. The van der Waals surface area contributed by atoms with Crippen LogP contribution >= 0.6 is 0 Å². The fraction of sp³-hybridized carbons (Fsp3) is 0.500. The van der Waals surface area contributed by atoms with Gasteiger partial charge >= 0.3 is 11.9 Å². The first-order valence-corrected chi connectivity index (χ1v) is 6.73. The average molecular weight is 344 g/mol. The molecule has 2 atom stereocenters. The first kappa shape index (κ1) is 17.5. The molecule has 24 heavy (non-hydrogen) atoms. The SMILES string of the molecule is O=C(ON1C(=O)CCC1=O)C(O)[C@@H](O)C(=O)ON1C(=O)CCC1=O. The van der Waals surface area contributed by atoms with Gasteiger partial charge in [0.25, 0.3) is 23.6 Å². The zero-order valence-electron chi connectivity index (χ0n) is 12.0. The summed E-state index contributed by atoms with van der Waals surface area (Å²) in [6, 6.07) is 0. The van der Waals surface area contributed by atoms with E-state index in [2.05, 4.69) is 9.68 Å². The first-order chi connectivity index (χ1) is 11.2. The summed E-state index contributed by atoms with van der Waals surface area (Å²) in [6.07, 6.45) is -5.77. The van der Waals surface area contributed by atoms with Gasteiger partial charge in [-0.1, -0.05) is 0 Å². The van der Waals surface area contributed by atoms with E-state index in [9.17, 15) is 39.0 Å². The molecule has 2 N–H and O–H groups in total. The van der Waals surface area contributed by atoms with E-state index in [0.29, 0.717) is 0 Å². The zero-order valence-corrected chi connectivity index (χ0v) is 12.0. The smallest absolute Gasteiger partial charge is 0.364 e. The Balaban J connectivity index is 1.94. The number of hydrogen-bond donors (Lipinski definition) is 2. The van der Waals surface area contributed by atoms with Gasteiger partial charge in [-0.05, 0) is 0 Å². The van der Waals surface area contributed by atoms with Crippen LogP contribution in [0.1, 0.15) is 25.7 Å². The van der Waals surface area contributed by atoms with Crippen LogP contribution in [-0.4, -0.2) is 68.1 Å². The van der Waals surface area contributed by atoms with Gasteiger partial charge in [0.2, 0.25) is 0 Å². The number of carbonyl (C=O) groups excluding carboxylic acids is 6. The van der Waals surface area contributed by atoms with E-state index in [1.54, 1.807) is 0 Å². The van der Waals surface area contributed by atoms with Crippen LogP contribution in [0, 0.1) is 0 Å². The second-order valence-corrected chi connectivity index (χ2v) is 4.87. The molecule has 0 saturated carbocycles. The molecule has 130 valence electrons. The molecule has 0 aliphatic carbocycles. The molecular formula is C12H12N2O10. The third kappa shape index (κ3) is 3.38. The lowest BCUT2D eigenvalue weighted by Gasteiger charge is -2.19. The van der Waals surface area contributed by atoms with Crippen molar-refractivity contribution in [2.45, 2.75) is 37.9 Å². The van der Waals surface area contributed by atoms with Crippen molar-refractivity contribution in [3.8, 4) is 0 Å². The van der Waals surface area contributed by atoms with Gasteiger partial charge in [0.15, 0.2) is 12.2 Å². The third-order valence-corrected chi connectivity index (χ3v) is 3.16. The summed E-state index contributed by atoms with van der Waals surface area (Å²) < 4.78 is 0. The second-order valence-electron chi connectivity index (χ2n) is 4.87. The summed E-state index contributed by atoms with van der Waals surface area (Å²) >= 11 is 0. The second kappa shape index (κ2) is 6.72. The number of hydroxylamine groups is 4. The molecule has 2 saturated heterocycles. The molecule has 2 aliphatic heterocycles. The molecule has 2 rings (SSSR count). The third-order valence-electron chi connectivity index (χ3n) is 3.16. The van der Waals surface area contributed by atoms with E-state index >= 15 is 0 Å². The molecule has 12 nitrogen and oxygen atoms in total. The van der Waals surface area contributed by atoms with E-state index in [1.165, 1.54) is 0 Å². The standard InChI is InChI=1S/C12H12N2O10/c15-5-1-2-6(16)13(5)23-11(21)9(19)10(20)12(22)24-14-7(17)3-4-8(14)18/h9-10,19-20H,1-4H2/t9-,10?/m1/s1. The summed E-state index contributed by atoms with van der Waals surface area (Å²) in [7, 11) is 0. The lowest BCUT2D eigenvalue weighted by atomic mass is 10.2. The van der Waals surface area contributed by atoms with Gasteiger partial charge in [-0.15, -0.1) is 10.1 Å². The Morgan fingerprint density at radius 2 is 0.958 bits per heavy atom. The van der Waals surface area contributed by atoms with Gasteiger partial charge in [-0.2, -0.15) is 0 Å². The molecule has 0 aromatic carbocycles. The van der Waals surface area contributed by atoms with Crippen molar-refractivity contribution in [2.75, 3.05) is 0 Å². The summed E-state index contributed by atoms with van der Waals surface area (Å²) in [5.41, 5.74) is 0. The Kier molecular flexibility index (Phi) is 4.90. The molecule has 0 radical (unpaired) electrons. The molecule has 2 fully saturated rings. The minimum atomic E-state index is -2.51. The number of carbonyl (C=O) groups is 6. The van der Waals surface area contributed by atoms with Crippen LogP contribution in [0.3, 0.4) is 0 Å². The van der Waals surface area contributed by atoms with Crippen molar-refractivity contribution >= 4 is 35.6 Å². The highest BCUT2D eigenvalue weighted by Crippen LogP contribution is 2.15. The van der Waals surface area contributed by atoms with E-state index in [1.807, 2.05) is 0 Å². The van der Waals surface area contributed by atoms with Crippen molar-refractivity contribution in [3.63, 3.8) is 0 Å². The largest absolute Gasteiger partial charge is 0.379 e. The Labute approximate surface area is 133 Å². The van der Waals surface area contributed by atoms with Crippen LogP contribution in [0.2, 0.25) is 0 Å². The van der Waals surface area contributed by atoms with E-state index in [0.717, 1.165) is 0 Å². The normalized spacial score (nSPS) is 20.4. The first-order valence-electron chi connectivity index (χ1n) is 6.73. The molecule has 12 heteroatoms. The maximum Gasteiger partial charge on any atom is 0.364 e. The Hall–Kier alpha value is -2.86. The lowest BCUT2D eigenvalue weighted by molar-refractivity contribution is -0.216. The summed E-state index contributed by atoms with van der Waals surface area (Å²) in [5, 5.41) is 19.3. The molecule has 2 heterocycles. The minimum Gasteiger partial charge on any atom is -0.379 e. The van der Waals surface area contributed by atoms with Crippen molar-refractivity contribution < 1.29 is 48.7 Å². The van der Waals surface area contributed by atoms with Crippen molar-refractivity contribution in [2.24, 2.45) is 0 Å². The van der Waals surface area contributed by atoms with Crippen LogP contribution in [0.4, 0.5) is 0 Å². The summed E-state index contributed by atoms with van der Waals surface area (Å²) in [6.45, 7) is 0. The van der Waals surface area contributed by atoms with Crippen LogP contribution in [0.25, 0.3) is 0 Å². The van der Waals surface area contributed by atoms with E-state index < -0.39 is 47.8 Å². The maximum atomic E-state index is 11.6. The fourth-order valence-electron chi connectivity index (χ4n) is 1.86. The fourth-order valence-corrected chi connectivity index (χ4v) is 1.86. The average Bonchev–Trinajstić information content (AvgIpc) is 3.03. The summed E-state index contributed by atoms with van der Waals surface area (Å²) in [4.78, 5) is 76.8. The van der Waals surface area contributed by atoms with Gasteiger partial charge < -0.3 is 19.9 Å². The monoisotopic (exact) mass is 344 g/mol. The topological polar surface area (TPSA) is 168 Å². The Morgan fingerprint density at radius 1 is 0.708 bits per heavy atom. The zero-order chi connectivity index (χ0) is 18.0. The van der Waals surface area contributed by atoms with Crippen LogP contribution in [0.15, 0.2) is 0 Å². The number of aliphatic hydroxyl groups excluding tert-OH is 2. The molecule has 4 amide bonds. The van der Waals surface area contributed by atoms with Crippen molar-refractivity contribution in [3.05, 3.63) is 0 Å². The molecule has 0 bridgehead atoms. The number of aliphatic hydroxyl groups is 2. The van der Waals surface area contributed by atoms with Gasteiger partial charge in [-0.3, -0.25) is 19.2 Å². The minimum absolute atomic E-state index is 0.108. The molecular weight excluding hydrogens is 332 g/mol. The van der Waals surface area contributed by atoms with E-state index in [4.69, 9.17) is 0 Å². The number of nitrogens with zero attached hydrogens (tertiary/aromatic N) is 2. The highest BCUT2D eigenvalue weighted by Gasteiger charge is 2.41. The van der Waals surface area contributed by atoms with Gasteiger partial charge in [0.1, 0.15) is 0 Å². The quantitative estimate of drug-likeness (QED) is 0.488. The number of amides is 4. The van der Waals surface area contributed by atoms with Crippen molar-refractivity contribution in [1.82, 2.24) is 10.1 Å². The maximum absolute atomic E-state index is 11.6. The Bertz CT molecular complexity index is 543. The highest BCUT2D eigenvalue weighted by molar-refractivity contribution is 6.03. The molecule has 0 aromatic heterocycles. The van der Waals surface area contributed by atoms with E-state index in [-0.39, 0.29) is 35.8 Å². The number of rotatable bonds is 5. The highest BCUT2D eigenvalue weighted by atomic mass is 16.7. The van der Waals surface area contributed by atoms with Gasteiger partial charge in [-0.25, -0.2) is 9.59 Å². The summed E-state index contributed by atoms with van der Waals surface area (Å²) in [5.74, 6) is -6.64. The number of hydrogen-bond acceptors (Lipinski definition) is 10. The molecule has 1 unspecified atom stereocenters. The molecule has 0 aromatic rings. The van der Waals surface area contributed by atoms with Gasteiger partial charge in [0.05, 0.1) is 0 Å². The molecule has 2 aliphatic rings. The number of imide groups is 2. The molecule has 0 spiro atoms.